The smallest absolute Gasteiger partial charge is 0.458 e. The van der Waals surface area contributed by atoms with Gasteiger partial charge in [0.1, 0.15) is 18.2 Å². The van der Waals surface area contributed by atoms with Gasteiger partial charge in [-0.25, -0.2) is 4.79 Å². The predicted octanol–water partition coefficient (Wildman–Crippen LogP) is 5.27. The van der Waals surface area contributed by atoms with Gasteiger partial charge in [-0.3, -0.25) is 14.4 Å². The highest BCUT2D eigenvalue weighted by atomic mass is 16.7. The van der Waals surface area contributed by atoms with Gasteiger partial charge in [0.2, 0.25) is 0 Å². The fourth-order valence-electron chi connectivity index (χ4n) is 3.09. The molecule has 0 aliphatic rings. The molecule has 0 fully saturated rings. The standard InChI is InChI=1S/C29H45NO9/c1-8-10-12-25(31)38-23-15-14-21(17-24(23)39-26(32)13-11-9-2)16-22(30)27(33)36-19(3)20(4)37-28(34)35-18-29(5,6)7/h14-15,17,19-20,22H,8-13,16,18,30H2,1-7H3/t19-,20?,22-/m0/s1. The minimum Gasteiger partial charge on any atom is -0.458 e. The minimum absolute atomic E-state index is 0.0674. The van der Waals surface area contributed by atoms with Crippen LogP contribution in [0.15, 0.2) is 18.2 Å². The molecule has 0 bridgehead atoms. The molecule has 2 N–H and O–H groups in total. The molecule has 0 saturated carbocycles. The highest BCUT2D eigenvalue weighted by Crippen LogP contribution is 2.30. The van der Waals surface area contributed by atoms with Gasteiger partial charge < -0.3 is 29.4 Å². The van der Waals surface area contributed by atoms with Gasteiger partial charge in [0.15, 0.2) is 11.5 Å². The summed E-state index contributed by atoms with van der Waals surface area (Å²) in [6.07, 6.45) is 1.16. The van der Waals surface area contributed by atoms with Crippen LogP contribution in [0.3, 0.4) is 0 Å². The van der Waals surface area contributed by atoms with E-state index < -0.39 is 42.3 Å². The van der Waals surface area contributed by atoms with E-state index in [9.17, 15) is 19.2 Å². The summed E-state index contributed by atoms with van der Waals surface area (Å²) in [4.78, 5) is 49.0. The number of hydrogen-bond donors (Lipinski definition) is 1. The van der Waals surface area contributed by atoms with Gasteiger partial charge in [0.05, 0.1) is 6.61 Å². The van der Waals surface area contributed by atoms with Crippen molar-refractivity contribution in [3.05, 3.63) is 23.8 Å². The molecule has 0 radical (unpaired) electrons. The molecule has 1 rings (SSSR count). The number of carbonyl (C=O) groups is 4. The number of ether oxygens (including phenoxy) is 5. The Balaban J connectivity index is 2.83. The van der Waals surface area contributed by atoms with Crippen LogP contribution in [0.2, 0.25) is 0 Å². The Kier molecular flexibility index (Phi) is 14.5. The van der Waals surface area contributed by atoms with E-state index in [0.29, 0.717) is 18.4 Å². The average molecular weight is 552 g/mol. The molecule has 1 aromatic rings. The summed E-state index contributed by atoms with van der Waals surface area (Å²) in [5, 5.41) is 0. The van der Waals surface area contributed by atoms with Crippen molar-refractivity contribution in [3.8, 4) is 11.5 Å². The molecule has 10 heteroatoms. The van der Waals surface area contributed by atoms with Gasteiger partial charge in [0, 0.05) is 12.8 Å². The first-order chi connectivity index (χ1) is 18.2. The summed E-state index contributed by atoms with van der Waals surface area (Å²) < 4.78 is 26.6. The molecular weight excluding hydrogens is 506 g/mol. The van der Waals surface area contributed by atoms with Crippen LogP contribution in [0.5, 0.6) is 11.5 Å². The van der Waals surface area contributed by atoms with Gasteiger partial charge in [-0.1, -0.05) is 53.5 Å². The second kappa shape index (κ2) is 16.7. The van der Waals surface area contributed by atoms with E-state index in [1.807, 2.05) is 34.6 Å². The molecule has 0 amide bonds. The fraction of sp³-hybridized carbons (Fsp3) is 0.655. The summed E-state index contributed by atoms with van der Waals surface area (Å²) in [5.41, 5.74) is 6.45. The van der Waals surface area contributed by atoms with Crippen LogP contribution in [0, 0.1) is 5.41 Å². The largest absolute Gasteiger partial charge is 0.508 e. The zero-order valence-corrected chi connectivity index (χ0v) is 24.4. The van der Waals surface area contributed by atoms with Gasteiger partial charge in [-0.15, -0.1) is 0 Å². The summed E-state index contributed by atoms with van der Waals surface area (Å²) in [5.74, 6) is -1.37. The van der Waals surface area contributed by atoms with Crippen LogP contribution in [0.1, 0.15) is 92.6 Å². The molecule has 1 unspecified atom stereocenters. The first kappa shape index (κ1) is 33.9. The van der Waals surface area contributed by atoms with E-state index in [1.54, 1.807) is 19.9 Å². The first-order valence-corrected chi connectivity index (χ1v) is 13.6. The van der Waals surface area contributed by atoms with E-state index in [4.69, 9.17) is 29.4 Å². The molecule has 0 aromatic heterocycles. The van der Waals surface area contributed by atoms with Crippen molar-refractivity contribution in [1.82, 2.24) is 0 Å². The number of hydrogen-bond acceptors (Lipinski definition) is 10. The molecule has 0 spiro atoms. The third-order valence-corrected chi connectivity index (χ3v) is 5.55. The first-order valence-electron chi connectivity index (χ1n) is 13.6. The summed E-state index contributed by atoms with van der Waals surface area (Å²) in [6.45, 7) is 13.0. The molecule has 3 atom stereocenters. The van der Waals surface area contributed by atoms with Crippen molar-refractivity contribution in [1.29, 1.82) is 0 Å². The molecule has 0 aliphatic carbocycles. The Hall–Kier alpha value is -3.14. The van der Waals surface area contributed by atoms with Gasteiger partial charge in [-0.2, -0.15) is 0 Å². The maximum atomic E-state index is 12.6. The van der Waals surface area contributed by atoms with Crippen molar-refractivity contribution in [2.75, 3.05) is 6.61 Å². The predicted molar refractivity (Wildman–Crippen MR) is 145 cm³/mol. The molecule has 0 aliphatic heterocycles. The lowest BCUT2D eigenvalue weighted by Crippen LogP contribution is -2.39. The Morgan fingerprint density at radius 3 is 1.92 bits per heavy atom. The van der Waals surface area contributed by atoms with E-state index in [0.717, 1.165) is 12.8 Å². The topological polar surface area (TPSA) is 140 Å². The van der Waals surface area contributed by atoms with Crippen molar-refractivity contribution >= 4 is 24.1 Å². The summed E-state index contributed by atoms with van der Waals surface area (Å²) in [7, 11) is 0. The van der Waals surface area contributed by atoms with Crippen molar-refractivity contribution in [2.45, 2.75) is 112 Å². The summed E-state index contributed by atoms with van der Waals surface area (Å²) >= 11 is 0. The highest BCUT2D eigenvalue weighted by Gasteiger charge is 2.26. The maximum absolute atomic E-state index is 12.6. The van der Waals surface area contributed by atoms with Gasteiger partial charge >= 0.3 is 24.1 Å². The van der Waals surface area contributed by atoms with Gasteiger partial charge in [0.25, 0.3) is 0 Å². The summed E-state index contributed by atoms with van der Waals surface area (Å²) in [6, 6.07) is 3.63. The van der Waals surface area contributed by atoms with Gasteiger partial charge in [-0.05, 0) is 56.2 Å². The SMILES string of the molecule is CCCCC(=O)Oc1ccc(C[C@H](N)C(=O)O[C@@H](C)C(C)OC(=O)OCC(C)(C)C)cc1OC(=O)CCCC. The number of carbonyl (C=O) groups excluding carboxylic acids is 4. The molecule has 220 valence electrons. The second-order valence-corrected chi connectivity index (χ2v) is 10.8. The van der Waals surface area contributed by atoms with Crippen molar-refractivity contribution in [3.63, 3.8) is 0 Å². The van der Waals surface area contributed by atoms with Crippen LogP contribution < -0.4 is 15.2 Å². The van der Waals surface area contributed by atoms with Crippen LogP contribution >= 0.6 is 0 Å². The van der Waals surface area contributed by atoms with E-state index in [1.165, 1.54) is 12.1 Å². The fourth-order valence-corrected chi connectivity index (χ4v) is 3.09. The third-order valence-electron chi connectivity index (χ3n) is 5.55. The number of benzene rings is 1. The van der Waals surface area contributed by atoms with Crippen LogP contribution in [0.4, 0.5) is 4.79 Å². The van der Waals surface area contributed by atoms with Crippen LogP contribution in [0.25, 0.3) is 0 Å². The average Bonchev–Trinajstić information content (AvgIpc) is 2.85. The van der Waals surface area contributed by atoms with Crippen LogP contribution in [-0.4, -0.2) is 48.9 Å². The molecule has 1 aromatic carbocycles. The number of esters is 3. The van der Waals surface area contributed by atoms with Crippen molar-refractivity contribution < 1.29 is 42.9 Å². The zero-order chi connectivity index (χ0) is 29.6. The minimum atomic E-state index is -1.05. The monoisotopic (exact) mass is 551 g/mol. The van der Waals surface area contributed by atoms with E-state index in [2.05, 4.69) is 0 Å². The number of rotatable bonds is 15. The molecule has 0 heterocycles. The van der Waals surface area contributed by atoms with Crippen LogP contribution in [-0.2, 0) is 35.0 Å². The lowest BCUT2D eigenvalue weighted by Gasteiger charge is -2.23. The van der Waals surface area contributed by atoms with E-state index >= 15 is 0 Å². The molecule has 0 saturated heterocycles. The lowest BCUT2D eigenvalue weighted by atomic mass is 9.99. The Morgan fingerprint density at radius 1 is 0.846 bits per heavy atom. The Labute approximate surface area is 231 Å². The normalized spacial score (nSPS) is 13.5. The van der Waals surface area contributed by atoms with Crippen molar-refractivity contribution in [2.24, 2.45) is 11.1 Å². The third kappa shape index (κ3) is 14.0. The second-order valence-electron chi connectivity index (χ2n) is 10.8. The lowest BCUT2D eigenvalue weighted by molar-refractivity contribution is -0.155. The molecular formula is C29H45NO9. The zero-order valence-electron chi connectivity index (χ0n) is 24.4. The Bertz CT molecular complexity index is 955. The number of unbranched alkanes of at least 4 members (excludes halogenated alkanes) is 2. The number of nitrogens with two attached hydrogens (primary N) is 1. The Morgan fingerprint density at radius 2 is 1.38 bits per heavy atom. The molecule has 10 nitrogen and oxygen atoms in total. The quantitative estimate of drug-likeness (QED) is 0.226. The highest BCUT2D eigenvalue weighted by molar-refractivity contribution is 5.77. The maximum Gasteiger partial charge on any atom is 0.508 e. The van der Waals surface area contributed by atoms with E-state index in [-0.39, 0.29) is 42.8 Å². The molecule has 39 heavy (non-hydrogen) atoms.